The minimum absolute atomic E-state index is 0.0758. The number of carbonyl (C=O) groups is 3. The number of nitrogens with zero attached hydrogens (tertiary/aromatic N) is 1. The van der Waals surface area contributed by atoms with Gasteiger partial charge in [-0.3, -0.25) is 14.4 Å². The molecule has 1 amide bonds. The lowest BCUT2D eigenvalue weighted by Gasteiger charge is -2.25. The zero-order valence-corrected chi connectivity index (χ0v) is 31.8. The van der Waals surface area contributed by atoms with Crippen molar-refractivity contribution in [3.8, 4) is 0 Å². The fourth-order valence-corrected chi connectivity index (χ4v) is 6.25. The number of hydrogen-bond donors (Lipinski definition) is 1. The van der Waals surface area contributed by atoms with Gasteiger partial charge in [-0.25, -0.2) is 0 Å². The first-order valence-electron chi connectivity index (χ1n) is 20.2. The summed E-state index contributed by atoms with van der Waals surface area (Å²) in [6.45, 7) is 11.5. The lowest BCUT2D eigenvalue weighted by molar-refractivity contribution is -0.152. The maximum Gasteiger partial charge on any atom is 0.308 e. The van der Waals surface area contributed by atoms with Gasteiger partial charge in [-0.15, -0.1) is 0 Å². The van der Waals surface area contributed by atoms with Crippen molar-refractivity contribution >= 4 is 17.8 Å². The molecule has 0 aromatic rings. The Kier molecular flexibility index (Phi) is 31.8. The largest absolute Gasteiger partial charge is 0.464 e. The van der Waals surface area contributed by atoms with Gasteiger partial charge in [0.15, 0.2) is 0 Å². The van der Waals surface area contributed by atoms with Crippen molar-refractivity contribution in [1.29, 1.82) is 0 Å². The summed E-state index contributed by atoms with van der Waals surface area (Å²) in [6, 6.07) is -0.273. The maximum absolute atomic E-state index is 13.2. The van der Waals surface area contributed by atoms with Crippen molar-refractivity contribution in [2.24, 2.45) is 17.6 Å². The summed E-state index contributed by atoms with van der Waals surface area (Å²) in [6.07, 6.45) is 27.3. The SMILES string of the molecule is CCCCCCCCC(CCCCCC)C(=O)OCCN(CCOC(=O)C(CCCCCC)CCCCCCCC)C(=O)CC(C)N. The van der Waals surface area contributed by atoms with E-state index in [-0.39, 0.29) is 68.4 Å². The van der Waals surface area contributed by atoms with Gasteiger partial charge in [0, 0.05) is 12.5 Å². The van der Waals surface area contributed by atoms with Crippen LogP contribution in [0, 0.1) is 11.8 Å². The summed E-state index contributed by atoms with van der Waals surface area (Å²) in [5.74, 6) is -0.525. The molecule has 2 N–H and O–H groups in total. The highest BCUT2D eigenvalue weighted by Crippen LogP contribution is 2.22. The fraction of sp³-hybridized carbons (Fsp3) is 0.925. The molecule has 0 fully saturated rings. The number of hydrogen-bond acceptors (Lipinski definition) is 6. The van der Waals surface area contributed by atoms with Crippen molar-refractivity contribution in [2.75, 3.05) is 26.3 Å². The summed E-state index contributed by atoms with van der Waals surface area (Å²) in [7, 11) is 0. The van der Waals surface area contributed by atoms with E-state index in [2.05, 4.69) is 27.7 Å². The van der Waals surface area contributed by atoms with Crippen LogP contribution in [0.3, 0.4) is 0 Å². The van der Waals surface area contributed by atoms with Crippen LogP contribution in [-0.4, -0.2) is 55.1 Å². The van der Waals surface area contributed by atoms with Gasteiger partial charge in [0.2, 0.25) is 5.91 Å². The first-order chi connectivity index (χ1) is 22.8. The fourth-order valence-electron chi connectivity index (χ4n) is 6.25. The van der Waals surface area contributed by atoms with Gasteiger partial charge in [-0.05, 0) is 32.6 Å². The predicted octanol–water partition coefficient (Wildman–Crippen LogP) is 10.3. The Morgan fingerprint density at radius 2 is 0.809 bits per heavy atom. The summed E-state index contributed by atoms with van der Waals surface area (Å²) >= 11 is 0. The molecule has 0 spiro atoms. The molecule has 0 bridgehead atoms. The summed E-state index contributed by atoms with van der Waals surface area (Å²) in [5, 5.41) is 0. The number of ether oxygens (including phenoxy) is 2. The number of amides is 1. The first-order valence-corrected chi connectivity index (χ1v) is 20.2. The van der Waals surface area contributed by atoms with Gasteiger partial charge in [0.05, 0.1) is 24.9 Å². The highest BCUT2D eigenvalue weighted by Gasteiger charge is 2.23. The number of nitrogens with two attached hydrogens (primary N) is 1. The minimum Gasteiger partial charge on any atom is -0.464 e. The topological polar surface area (TPSA) is 98.9 Å². The average molecular weight is 667 g/mol. The Bertz CT molecular complexity index is 694. The van der Waals surface area contributed by atoms with E-state index in [1.165, 1.54) is 77.0 Å². The Morgan fingerprint density at radius 1 is 0.511 bits per heavy atom. The van der Waals surface area contributed by atoms with Crippen LogP contribution >= 0.6 is 0 Å². The van der Waals surface area contributed by atoms with E-state index >= 15 is 0 Å². The molecule has 0 aliphatic carbocycles. The number of rotatable bonds is 34. The number of esters is 2. The third-order valence-electron chi connectivity index (χ3n) is 9.35. The Hall–Kier alpha value is -1.63. The molecule has 278 valence electrons. The van der Waals surface area contributed by atoms with E-state index < -0.39 is 0 Å². The van der Waals surface area contributed by atoms with Gasteiger partial charge in [-0.1, -0.05) is 156 Å². The zero-order valence-electron chi connectivity index (χ0n) is 31.8. The molecule has 0 aromatic carbocycles. The molecule has 0 rings (SSSR count). The highest BCUT2D eigenvalue weighted by molar-refractivity contribution is 5.77. The molecule has 3 atom stereocenters. The molecule has 0 aliphatic rings. The Balaban J connectivity index is 5.04. The van der Waals surface area contributed by atoms with Crippen molar-refractivity contribution in [1.82, 2.24) is 4.90 Å². The van der Waals surface area contributed by atoms with Crippen LogP contribution < -0.4 is 5.73 Å². The van der Waals surface area contributed by atoms with Crippen LogP contribution in [0.4, 0.5) is 0 Å². The third-order valence-corrected chi connectivity index (χ3v) is 9.35. The second-order valence-electron chi connectivity index (χ2n) is 14.1. The van der Waals surface area contributed by atoms with Crippen molar-refractivity contribution in [3.63, 3.8) is 0 Å². The van der Waals surface area contributed by atoms with Crippen LogP contribution in [0.1, 0.15) is 195 Å². The van der Waals surface area contributed by atoms with Crippen LogP contribution in [0.25, 0.3) is 0 Å². The molecule has 47 heavy (non-hydrogen) atoms. The van der Waals surface area contributed by atoms with Gasteiger partial charge in [-0.2, -0.15) is 0 Å². The second kappa shape index (κ2) is 32.9. The van der Waals surface area contributed by atoms with Crippen LogP contribution in [0.2, 0.25) is 0 Å². The van der Waals surface area contributed by atoms with Gasteiger partial charge < -0.3 is 20.1 Å². The lowest BCUT2D eigenvalue weighted by Crippen LogP contribution is -2.40. The lowest BCUT2D eigenvalue weighted by atomic mass is 9.94. The quantitative estimate of drug-likeness (QED) is 0.0542. The van der Waals surface area contributed by atoms with E-state index in [0.717, 1.165) is 77.0 Å². The summed E-state index contributed by atoms with van der Waals surface area (Å²) in [5.41, 5.74) is 5.95. The molecule has 0 heterocycles. The summed E-state index contributed by atoms with van der Waals surface area (Å²) in [4.78, 5) is 41.0. The highest BCUT2D eigenvalue weighted by atomic mass is 16.5. The first kappa shape index (κ1) is 45.4. The number of carbonyl (C=O) groups excluding carboxylic acids is 3. The second-order valence-corrected chi connectivity index (χ2v) is 14.1. The molecule has 0 radical (unpaired) electrons. The van der Waals surface area contributed by atoms with E-state index in [9.17, 15) is 14.4 Å². The van der Waals surface area contributed by atoms with Crippen LogP contribution in [0.5, 0.6) is 0 Å². The standard InChI is InChI=1S/C40H78N2O5/c1-6-10-14-18-20-24-28-36(26-22-16-12-8-3)39(44)46-32-30-42(38(43)34-35(5)41)31-33-47-40(45)37(27-23-17-13-9-4)29-25-21-19-15-11-7-2/h35-37H,6-34,41H2,1-5H3. The Labute approximate surface area is 291 Å². The Morgan fingerprint density at radius 3 is 1.13 bits per heavy atom. The van der Waals surface area contributed by atoms with Crippen molar-refractivity contribution in [2.45, 2.75) is 201 Å². The van der Waals surface area contributed by atoms with E-state index in [1.807, 2.05) is 6.92 Å². The molecule has 7 heteroatoms. The smallest absolute Gasteiger partial charge is 0.308 e. The molecular weight excluding hydrogens is 588 g/mol. The molecule has 3 unspecified atom stereocenters. The average Bonchev–Trinajstić information content (AvgIpc) is 3.04. The van der Waals surface area contributed by atoms with Crippen LogP contribution in [-0.2, 0) is 23.9 Å². The van der Waals surface area contributed by atoms with E-state index in [1.54, 1.807) is 4.90 Å². The molecule has 0 aromatic heterocycles. The van der Waals surface area contributed by atoms with Crippen molar-refractivity contribution in [3.05, 3.63) is 0 Å². The molecule has 0 aliphatic heterocycles. The number of unbranched alkanes of at least 4 members (excludes halogenated alkanes) is 16. The predicted molar refractivity (Wildman–Crippen MR) is 197 cm³/mol. The molecule has 0 saturated carbocycles. The third kappa shape index (κ3) is 26.9. The maximum atomic E-state index is 13.2. The molecule has 0 saturated heterocycles. The monoisotopic (exact) mass is 667 g/mol. The van der Waals surface area contributed by atoms with E-state index in [4.69, 9.17) is 15.2 Å². The normalized spacial score (nSPS) is 13.2. The summed E-state index contributed by atoms with van der Waals surface area (Å²) < 4.78 is 11.6. The van der Waals surface area contributed by atoms with Gasteiger partial charge in [0.1, 0.15) is 13.2 Å². The van der Waals surface area contributed by atoms with Gasteiger partial charge in [0.25, 0.3) is 0 Å². The van der Waals surface area contributed by atoms with Gasteiger partial charge >= 0.3 is 11.9 Å². The van der Waals surface area contributed by atoms with Crippen molar-refractivity contribution < 1.29 is 23.9 Å². The molecular formula is C40H78N2O5. The zero-order chi connectivity index (χ0) is 35.0. The van der Waals surface area contributed by atoms with E-state index in [0.29, 0.717) is 0 Å². The minimum atomic E-state index is -0.273. The molecule has 7 nitrogen and oxygen atoms in total. The van der Waals surface area contributed by atoms with Crippen LogP contribution in [0.15, 0.2) is 0 Å².